The number of rotatable bonds is 7. The molecule has 0 aromatic heterocycles. The average molecular weight is 472 g/mol. The zero-order valence-corrected chi connectivity index (χ0v) is 20.1. The number of aryl methyl sites for hydroxylation is 1. The maximum absolute atomic E-state index is 14.4. The number of sulfonamides is 1. The van der Waals surface area contributed by atoms with Gasteiger partial charge in [0.2, 0.25) is 0 Å². The summed E-state index contributed by atoms with van der Waals surface area (Å²) in [6.45, 7) is 5.80. The molecule has 7 heteroatoms. The minimum atomic E-state index is -4.16. The minimum absolute atomic E-state index is 0.0235. The summed E-state index contributed by atoms with van der Waals surface area (Å²) in [5, 5.41) is 0. The Morgan fingerprint density at radius 1 is 0.806 bits per heavy atom. The molecule has 0 radical (unpaired) electrons. The van der Waals surface area contributed by atoms with Gasteiger partial charge in [0.15, 0.2) is 0 Å². The highest BCUT2D eigenvalue weighted by Gasteiger charge is 2.26. The Hall–Kier alpha value is -2.35. The summed E-state index contributed by atoms with van der Waals surface area (Å²) in [6, 6.07) is 24.5. The molecule has 0 saturated heterocycles. The van der Waals surface area contributed by atoms with Crippen LogP contribution in [0, 0.1) is 12.8 Å². The van der Waals surface area contributed by atoms with E-state index in [9.17, 15) is 12.6 Å². The molecule has 0 spiro atoms. The van der Waals surface area contributed by atoms with Crippen LogP contribution < -0.4 is 0 Å². The van der Waals surface area contributed by atoms with Gasteiger partial charge >= 0.3 is 0 Å². The monoisotopic (exact) mass is 471 g/mol. The van der Waals surface area contributed by atoms with Gasteiger partial charge in [-0.1, -0.05) is 89.5 Å². The Bertz CT molecular complexity index is 1270. The third-order valence-corrected chi connectivity index (χ3v) is 10.1. The number of benzene rings is 3. The van der Waals surface area contributed by atoms with Gasteiger partial charge < -0.3 is 0 Å². The van der Waals surface area contributed by atoms with Gasteiger partial charge in [0, 0.05) is 4.90 Å². The lowest BCUT2D eigenvalue weighted by Gasteiger charge is -2.16. The maximum atomic E-state index is 14.4. The van der Waals surface area contributed by atoms with Crippen molar-refractivity contribution in [2.45, 2.75) is 35.5 Å². The summed E-state index contributed by atoms with van der Waals surface area (Å²) >= 11 is 1.28. The summed E-state index contributed by atoms with van der Waals surface area (Å²) in [5.41, 5.74) is 0.933. The Kier molecular flexibility index (Phi) is 7.41. The van der Waals surface area contributed by atoms with Crippen molar-refractivity contribution < 1.29 is 12.6 Å². The molecule has 31 heavy (non-hydrogen) atoms. The second kappa shape index (κ2) is 9.85. The van der Waals surface area contributed by atoms with Crippen LogP contribution in [0.2, 0.25) is 0 Å². The van der Waals surface area contributed by atoms with Gasteiger partial charge in [0.1, 0.15) is 9.73 Å². The van der Waals surface area contributed by atoms with Gasteiger partial charge in [0.05, 0.1) is 14.0 Å². The molecule has 0 bridgehead atoms. The highest BCUT2D eigenvalue weighted by Crippen LogP contribution is 2.38. The standard InChI is InChI=1S/C24H25NO3S3/c1-19(2)18-24(29-21-10-6-4-7-11-21)30(26,22-12-8-5-9-13-22)25-31(27,28)23-16-14-20(3)15-17-23/h4-19H,1-3H3/b24-18+. The predicted molar refractivity (Wildman–Crippen MR) is 129 cm³/mol. The number of hydrogen-bond acceptors (Lipinski definition) is 4. The highest BCUT2D eigenvalue weighted by molar-refractivity contribution is 8.21. The molecule has 1 unspecified atom stereocenters. The molecule has 0 saturated carbocycles. The second-order valence-corrected chi connectivity index (χ2v) is 12.7. The summed E-state index contributed by atoms with van der Waals surface area (Å²) in [5.74, 6) is 0.0491. The highest BCUT2D eigenvalue weighted by atomic mass is 32.3. The van der Waals surface area contributed by atoms with Crippen LogP contribution in [-0.2, 0) is 19.8 Å². The van der Waals surface area contributed by atoms with Gasteiger partial charge in [-0.05, 0) is 49.2 Å². The zero-order valence-electron chi connectivity index (χ0n) is 17.6. The molecule has 0 N–H and O–H groups in total. The molecule has 0 aliphatic heterocycles. The molecule has 0 heterocycles. The van der Waals surface area contributed by atoms with E-state index < -0.39 is 19.8 Å². The van der Waals surface area contributed by atoms with Crippen molar-refractivity contribution >= 4 is 31.5 Å². The number of nitrogens with zero attached hydrogens (tertiary/aromatic N) is 1. The van der Waals surface area contributed by atoms with Gasteiger partial charge in [-0.3, -0.25) is 0 Å². The van der Waals surface area contributed by atoms with Crippen LogP contribution in [-0.4, -0.2) is 12.6 Å². The minimum Gasteiger partial charge on any atom is -0.238 e. The fraction of sp³-hybridized carbons (Fsp3) is 0.167. The van der Waals surface area contributed by atoms with E-state index in [-0.39, 0.29) is 10.8 Å². The number of thioether (sulfide) groups is 1. The quantitative estimate of drug-likeness (QED) is 0.369. The van der Waals surface area contributed by atoms with Crippen LogP contribution in [0.15, 0.2) is 114 Å². The van der Waals surface area contributed by atoms with Gasteiger partial charge in [-0.15, -0.1) is 0 Å². The molecule has 3 aromatic carbocycles. The van der Waals surface area contributed by atoms with Crippen LogP contribution in [0.5, 0.6) is 0 Å². The van der Waals surface area contributed by atoms with Crippen molar-refractivity contribution in [3.63, 3.8) is 0 Å². The van der Waals surface area contributed by atoms with E-state index in [4.69, 9.17) is 0 Å². The third-order valence-electron chi connectivity index (χ3n) is 4.29. The van der Waals surface area contributed by atoms with E-state index >= 15 is 0 Å². The lowest BCUT2D eigenvalue weighted by molar-refractivity contribution is 0.598. The van der Waals surface area contributed by atoms with E-state index in [1.165, 1.54) is 23.9 Å². The Balaban J connectivity index is 2.26. The molecule has 3 rings (SSSR count). The lowest BCUT2D eigenvalue weighted by Crippen LogP contribution is -2.09. The first-order valence-corrected chi connectivity index (χ1v) is 13.6. The van der Waals surface area contributed by atoms with Gasteiger partial charge in [-0.2, -0.15) is 8.42 Å². The number of hydrogen-bond donors (Lipinski definition) is 0. The zero-order chi connectivity index (χ0) is 22.5. The smallest absolute Gasteiger partial charge is 0.238 e. The van der Waals surface area contributed by atoms with Crippen molar-refractivity contribution in [3.05, 3.63) is 101 Å². The van der Waals surface area contributed by atoms with Crippen molar-refractivity contribution in [1.82, 2.24) is 0 Å². The summed E-state index contributed by atoms with van der Waals surface area (Å²) in [4.78, 5) is 1.25. The average Bonchev–Trinajstić information content (AvgIpc) is 2.74. The fourth-order valence-electron chi connectivity index (χ4n) is 2.75. The fourth-order valence-corrected chi connectivity index (χ4v) is 8.70. The van der Waals surface area contributed by atoms with Crippen LogP contribution in [0.3, 0.4) is 0 Å². The number of allylic oxidation sites excluding steroid dienone is 1. The van der Waals surface area contributed by atoms with Crippen LogP contribution in [0.4, 0.5) is 0 Å². The topological polar surface area (TPSA) is 63.6 Å². The van der Waals surface area contributed by atoms with Crippen LogP contribution >= 0.6 is 11.8 Å². The van der Waals surface area contributed by atoms with E-state index in [0.29, 0.717) is 9.13 Å². The Morgan fingerprint density at radius 2 is 1.35 bits per heavy atom. The van der Waals surface area contributed by atoms with E-state index in [1.54, 1.807) is 42.5 Å². The molecule has 0 aliphatic rings. The molecular formula is C24H25NO3S3. The Labute approximate surface area is 189 Å². The second-order valence-electron chi connectivity index (χ2n) is 7.35. The molecule has 0 fully saturated rings. The molecule has 162 valence electrons. The van der Waals surface area contributed by atoms with Gasteiger partial charge in [0.25, 0.3) is 10.0 Å². The normalized spacial score (nSPS) is 14.3. The summed E-state index contributed by atoms with van der Waals surface area (Å²) < 4.78 is 45.3. The first-order chi connectivity index (χ1) is 14.7. The van der Waals surface area contributed by atoms with Crippen molar-refractivity contribution in [1.29, 1.82) is 0 Å². The Morgan fingerprint density at radius 3 is 1.90 bits per heavy atom. The van der Waals surface area contributed by atoms with Crippen molar-refractivity contribution in [3.8, 4) is 0 Å². The lowest BCUT2D eigenvalue weighted by atomic mass is 10.2. The molecular weight excluding hydrogens is 446 g/mol. The summed E-state index contributed by atoms with van der Waals surface area (Å²) in [7, 11) is -7.62. The largest absolute Gasteiger partial charge is 0.290 e. The summed E-state index contributed by atoms with van der Waals surface area (Å²) in [6.07, 6.45) is 1.83. The molecule has 1 atom stereocenters. The predicted octanol–water partition coefficient (Wildman–Crippen LogP) is 6.50. The van der Waals surface area contributed by atoms with Crippen LogP contribution in [0.1, 0.15) is 19.4 Å². The maximum Gasteiger partial charge on any atom is 0.290 e. The van der Waals surface area contributed by atoms with E-state index in [0.717, 1.165) is 10.5 Å². The first kappa shape index (κ1) is 23.3. The van der Waals surface area contributed by atoms with E-state index in [1.807, 2.05) is 57.2 Å². The van der Waals surface area contributed by atoms with Crippen LogP contribution in [0.25, 0.3) is 0 Å². The van der Waals surface area contributed by atoms with Crippen molar-refractivity contribution in [2.24, 2.45) is 9.69 Å². The molecule has 0 aliphatic carbocycles. The van der Waals surface area contributed by atoms with Crippen molar-refractivity contribution in [2.75, 3.05) is 0 Å². The third kappa shape index (κ3) is 5.87. The van der Waals surface area contributed by atoms with E-state index in [2.05, 4.69) is 3.77 Å². The SMILES string of the molecule is Cc1ccc(S(=O)(=O)N=S(=O)(/C(=C/C(C)C)Sc2ccccc2)c2ccccc2)cc1. The molecule has 0 amide bonds. The molecule has 3 aromatic rings. The molecule has 4 nitrogen and oxygen atoms in total. The van der Waals surface area contributed by atoms with Gasteiger partial charge in [-0.25, -0.2) is 4.21 Å². The first-order valence-electron chi connectivity index (χ1n) is 9.81.